The van der Waals surface area contributed by atoms with E-state index in [1.54, 1.807) is 4.68 Å². The summed E-state index contributed by atoms with van der Waals surface area (Å²) in [6.45, 7) is 12.7. The van der Waals surface area contributed by atoms with Crippen LogP contribution in [0.25, 0.3) is 0 Å². The molecule has 1 aromatic heterocycles. The van der Waals surface area contributed by atoms with Crippen molar-refractivity contribution in [3.05, 3.63) is 17.5 Å². The van der Waals surface area contributed by atoms with Gasteiger partial charge in [0.15, 0.2) is 5.69 Å². The summed E-state index contributed by atoms with van der Waals surface area (Å²) in [7, 11) is 1.87. The molecule has 0 aromatic carbocycles. The summed E-state index contributed by atoms with van der Waals surface area (Å²) < 4.78 is 1.76. The van der Waals surface area contributed by atoms with E-state index in [1.165, 1.54) is 0 Å². The Kier molecular flexibility index (Phi) is 4.23. The lowest BCUT2D eigenvalue weighted by Crippen LogP contribution is -2.64. The Morgan fingerprint density at radius 2 is 1.86 bits per heavy atom. The average molecular weight is 305 g/mol. The average Bonchev–Trinajstić information content (AvgIpc) is 2.77. The van der Waals surface area contributed by atoms with Gasteiger partial charge in [0.2, 0.25) is 0 Å². The first kappa shape index (κ1) is 15.5. The standard InChI is InChI=1S/C16H27N5O/c1-12(2)19-5-7-20(8-6-19)14-10-21(11-14)16(22)15-9-13(3)18(4)17-15/h9,12,14H,5-8,10-11H2,1-4H3. The number of nitrogens with zero attached hydrogens (tertiary/aromatic N) is 5. The molecule has 0 bridgehead atoms. The molecular formula is C16H27N5O. The highest BCUT2D eigenvalue weighted by molar-refractivity contribution is 5.93. The molecule has 0 saturated carbocycles. The van der Waals surface area contributed by atoms with E-state index in [-0.39, 0.29) is 5.91 Å². The highest BCUT2D eigenvalue weighted by atomic mass is 16.2. The van der Waals surface area contributed by atoms with Gasteiger partial charge in [-0.1, -0.05) is 0 Å². The molecule has 3 rings (SSSR count). The van der Waals surface area contributed by atoms with E-state index < -0.39 is 0 Å². The van der Waals surface area contributed by atoms with Crippen molar-refractivity contribution in [3.8, 4) is 0 Å². The second-order valence-electron chi connectivity index (χ2n) is 6.82. The third-order valence-electron chi connectivity index (χ3n) is 5.08. The molecule has 3 heterocycles. The number of rotatable bonds is 3. The Bertz CT molecular complexity index is 519. The molecule has 2 saturated heterocycles. The van der Waals surface area contributed by atoms with Crippen molar-refractivity contribution in [2.24, 2.45) is 7.05 Å². The van der Waals surface area contributed by atoms with Crippen molar-refractivity contribution in [2.45, 2.75) is 32.9 Å². The Morgan fingerprint density at radius 3 is 2.36 bits per heavy atom. The summed E-state index contributed by atoms with van der Waals surface area (Å²) in [5, 5.41) is 4.29. The fourth-order valence-electron chi connectivity index (χ4n) is 3.30. The van der Waals surface area contributed by atoms with Gasteiger partial charge < -0.3 is 4.90 Å². The zero-order chi connectivity index (χ0) is 15.9. The predicted octanol–water partition coefficient (Wildman–Crippen LogP) is 0.579. The highest BCUT2D eigenvalue weighted by Crippen LogP contribution is 2.20. The van der Waals surface area contributed by atoms with Crippen LogP contribution in [-0.2, 0) is 7.05 Å². The lowest BCUT2D eigenvalue weighted by molar-refractivity contribution is 0.00285. The SMILES string of the molecule is Cc1cc(C(=O)N2CC(N3CCN(C(C)C)CC3)C2)nn1C. The van der Waals surface area contributed by atoms with Crippen LogP contribution in [0.2, 0.25) is 0 Å². The van der Waals surface area contributed by atoms with Gasteiger partial charge in [-0.05, 0) is 26.8 Å². The normalized spacial score (nSPS) is 21.4. The molecule has 2 fully saturated rings. The molecule has 0 N–H and O–H groups in total. The van der Waals surface area contributed by atoms with Gasteiger partial charge in [0.25, 0.3) is 5.91 Å². The summed E-state index contributed by atoms with van der Waals surface area (Å²) in [5.74, 6) is 0.0702. The molecule has 0 aliphatic carbocycles. The van der Waals surface area contributed by atoms with Crippen LogP contribution < -0.4 is 0 Å². The van der Waals surface area contributed by atoms with Gasteiger partial charge in [-0.2, -0.15) is 5.10 Å². The van der Waals surface area contributed by atoms with Crippen molar-refractivity contribution in [2.75, 3.05) is 39.3 Å². The number of piperazine rings is 1. The van der Waals surface area contributed by atoms with E-state index in [1.807, 2.05) is 24.9 Å². The molecule has 1 amide bonds. The Hall–Kier alpha value is -1.40. The maximum absolute atomic E-state index is 12.4. The first-order valence-corrected chi connectivity index (χ1v) is 8.23. The lowest BCUT2D eigenvalue weighted by Gasteiger charge is -2.48. The van der Waals surface area contributed by atoms with Crippen LogP contribution in [0.3, 0.4) is 0 Å². The van der Waals surface area contributed by atoms with Gasteiger partial charge in [0.05, 0.1) is 0 Å². The van der Waals surface area contributed by atoms with Crippen LogP contribution in [0.5, 0.6) is 0 Å². The van der Waals surface area contributed by atoms with Crippen LogP contribution in [0.1, 0.15) is 30.0 Å². The van der Waals surface area contributed by atoms with E-state index in [0.717, 1.165) is 45.0 Å². The van der Waals surface area contributed by atoms with Crippen LogP contribution in [0.4, 0.5) is 0 Å². The number of hydrogen-bond acceptors (Lipinski definition) is 4. The molecule has 1 aromatic rings. The van der Waals surface area contributed by atoms with Gasteiger partial charge >= 0.3 is 0 Å². The number of likely N-dealkylation sites (tertiary alicyclic amines) is 1. The van der Waals surface area contributed by atoms with Crippen LogP contribution in [0.15, 0.2) is 6.07 Å². The first-order valence-electron chi connectivity index (χ1n) is 8.23. The topological polar surface area (TPSA) is 44.6 Å². The molecular weight excluding hydrogens is 278 g/mol. The number of carbonyl (C=O) groups excluding carboxylic acids is 1. The smallest absolute Gasteiger partial charge is 0.274 e. The summed E-state index contributed by atoms with van der Waals surface area (Å²) in [6.07, 6.45) is 0. The third-order valence-corrected chi connectivity index (χ3v) is 5.08. The van der Waals surface area contributed by atoms with Crippen LogP contribution in [-0.4, -0.2) is 81.7 Å². The van der Waals surface area contributed by atoms with Gasteiger partial charge in [0.1, 0.15) is 0 Å². The summed E-state index contributed by atoms with van der Waals surface area (Å²) in [4.78, 5) is 19.4. The maximum atomic E-state index is 12.4. The van der Waals surface area contributed by atoms with Crippen molar-refractivity contribution < 1.29 is 4.79 Å². The Morgan fingerprint density at radius 1 is 1.23 bits per heavy atom. The fourth-order valence-corrected chi connectivity index (χ4v) is 3.30. The monoisotopic (exact) mass is 305 g/mol. The Balaban J connectivity index is 1.49. The van der Waals surface area contributed by atoms with Gasteiger partial charge in [-0.25, -0.2) is 0 Å². The minimum Gasteiger partial charge on any atom is -0.334 e. The summed E-state index contributed by atoms with van der Waals surface area (Å²) in [5.41, 5.74) is 1.59. The summed E-state index contributed by atoms with van der Waals surface area (Å²) >= 11 is 0. The van der Waals surface area contributed by atoms with Crippen molar-refractivity contribution in [3.63, 3.8) is 0 Å². The lowest BCUT2D eigenvalue weighted by atomic mass is 10.0. The third kappa shape index (κ3) is 2.90. The van der Waals surface area contributed by atoms with Gasteiger partial charge in [-0.15, -0.1) is 0 Å². The molecule has 6 nitrogen and oxygen atoms in total. The number of hydrogen-bond donors (Lipinski definition) is 0. The predicted molar refractivity (Wildman–Crippen MR) is 85.9 cm³/mol. The number of amides is 1. The molecule has 2 aliphatic heterocycles. The fraction of sp³-hybridized carbons (Fsp3) is 0.750. The molecule has 0 atom stereocenters. The second-order valence-corrected chi connectivity index (χ2v) is 6.82. The van der Waals surface area contributed by atoms with Gasteiger partial charge in [-0.3, -0.25) is 19.3 Å². The van der Waals surface area contributed by atoms with Crippen molar-refractivity contribution >= 4 is 5.91 Å². The van der Waals surface area contributed by atoms with E-state index >= 15 is 0 Å². The molecule has 0 unspecified atom stereocenters. The highest BCUT2D eigenvalue weighted by Gasteiger charge is 2.37. The minimum absolute atomic E-state index is 0.0702. The van der Waals surface area contributed by atoms with E-state index in [0.29, 0.717) is 17.8 Å². The largest absolute Gasteiger partial charge is 0.334 e. The first-order chi connectivity index (χ1) is 10.5. The van der Waals surface area contributed by atoms with Crippen molar-refractivity contribution in [1.29, 1.82) is 0 Å². The number of aryl methyl sites for hydroxylation is 2. The number of carbonyl (C=O) groups is 1. The molecule has 22 heavy (non-hydrogen) atoms. The molecule has 2 aliphatic rings. The quantitative estimate of drug-likeness (QED) is 0.819. The zero-order valence-electron chi connectivity index (χ0n) is 14.1. The summed E-state index contributed by atoms with van der Waals surface area (Å²) in [6, 6.07) is 3.04. The second kappa shape index (κ2) is 6.01. The van der Waals surface area contributed by atoms with E-state index in [2.05, 4.69) is 28.7 Å². The zero-order valence-corrected chi connectivity index (χ0v) is 14.1. The van der Waals surface area contributed by atoms with Crippen LogP contribution in [0, 0.1) is 6.92 Å². The van der Waals surface area contributed by atoms with E-state index in [9.17, 15) is 4.79 Å². The van der Waals surface area contributed by atoms with Crippen molar-refractivity contribution in [1.82, 2.24) is 24.5 Å². The number of aromatic nitrogens is 2. The molecule has 0 radical (unpaired) electrons. The maximum Gasteiger partial charge on any atom is 0.274 e. The van der Waals surface area contributed by atoms with Crippen LogP contribution >= 0.6 is 0 Å². The molecule has 6 heteroatoms. The minimum atomic E-state index is 0.0702. The molecule has 0 spiro atoms. The molecule has 122 valence electrons. The van der Waals surface area contributed by atoms with Gasteiger partial charge in [0, 0.05) is 64.1 Å². The Labute approximate surface area is 132 Å². The van der Waals surface area contributed by atoms with E-state index in [4.69, 9.17) is 0 Å².